The summed E-state index contributed by atoms with van der Waals surface area (Å²) in [5.41, 5.74) is 0.379. The van der Waals surface area contributed by atoms with Gasteiger partial charge in [-0.05, 0) is 24.6 Å². The Morgan fingerprint density at radius 1 is 1.50 bits per heavy atom. The SMILES string of the molecule is CC(=O)OC[C@]1(C)CC2/C(=C\c3ccccn3)C(=O)N2[C@H]1C(=O)O. The lowest BCUT2D eigenvalue weighted by Crippen LogP contribution is -2.58. The van der Waals surface area contributed by atoms with Gasteiger partial charge in [-0.15, -0.1) is 0 Å². The predicted molar refractivity (Wildman–Crippen MR) is 83.6 cm³/mol. The van der Waals surface area contributed by atoms with Crippen LogP contribution < -0.4 is 0 Å². The van der Waals surface area contributed by atoms with E-state index in [2.05, 4.69) is 4.98 Å². The molecule has 1 unspecified atom stereocenters. The van der Waals surface area contributed by atoms with E-state index in [9.17, 15) is 19.5 Å². The number of carboxylic acid groups (broad SMARTS) is 1. The smallest absolute Gasteiger partial charge is 0.327 e. The molecule has 126 valence electrons. The fraction of sp³-hybridized carbons (Fsp3) is 0.412. The molecule has 0 bridgehead atoms. The Labute approximate surface area is 138 Å². The van der Waals surface area contributed by atoms with Crippen molar-refractivity contribution in [3.63, 3.8) is 0 Å². The summed E-state index contributed by atoms with van der Waals surface area (Å²) in [5.74, 6) is -1.85. The molecule has 0 aliphatic carbocycles. The third-order valence-corrected chi connectivity index (χ3v) is 4.60. The maximum Gasteiger partial charge on any atom is 0.327 e. The molecule has 24 heavy (non-hydrogen) atoms. The van der Waals surface area contributed by atoms with Crippen LogP contribution in [-0.4, -0.2) is 51.5 Å². The Kier molecular flexibility index (Phi) is 3.87. The van der Waals surface area contributed by atoms with Crippen molar-refractivity contribution in [2.75, 3.05) is 6.61 Å². The van der Waals surface area contributed by atoms with Crippen LogP contribution in [0.2, 0.25) is 0 Å². The van der Waals surface area contributed by atoms with Crippen molar-refractivity contribution in [3.8, 4) is 0 Å². The zero-order valence-corrected chi connectivity index (χ0v) is 13.4. The number of carbonyl (C=O) groups excluding carboxylic acids is 2. The van der Waals surface area contributed by atoms with E-state index in [0.717, 1.165) is 0 Å². The number of pyridine rings is 1. The van der Waals surface area contributed by atoms with Crippen LogP contribution in [0.5, 0.6) is 0 Å². The molecule has 1 aromatic heterocycles. The minimum Gasteiger partial charge on any atom is -0.480 e. The van der Waals surface area contributed by atoms with Crippen LogP contribution >= 0.6 is 0 Å². The number of β-lactam (4-membered cyclic amide) rings is 1. The Balaban J connectivity index is 1.89. The second kappa shape index (κ2) is 5.74. The predicted octanol–water partition coefficient (Wildman–Crippen LogP) is 1.10. The van der Waals surface area contributed by atoms with Crippen molar-refractivity contribution >= 4 is 23.9 Å². The monoisotopic (exact) mass is 330 g/mol. The van der Waals surface area contributed by atoms with Gasteiger partial charge in [0.15, 0.2) is 0 Å². The number of aromatic nitrogens is 1. The second-order valence-corrected chi connectivity index (χ2v) is 6.46. The molecular formula is C17H18N2O5. The topological polar surface area (TPSA) is 96.8 Å². The summed E-state index contributed by atoms with van der Waals surface area (Å²) >= 11 is 0. The van der Waals surface area contributed by atoms with E-state index in [4.69, 9.17) is 4.74 Å². The van der Waals surface area contributed by atoms with Crippen molar-refractivity contribution in [2.24, 2.45) is 5.41 Å². The summed E-state index contributed by atoms with van der Waals surface area (Å²) in [5, 5.41) is 9.56. The van der Waals surface area contributed by atoms with Crippen LogP contribution in [0.25, 0.3) is 6.08 Å². The van der Waals surface area contributed by atoms with Gasteiger partial charge < -0.3 is 14.7 Å². The van der Waals surface area contributed by atoms with Gasteiger partial charge in [0.2, 0.25) is 0 Å². The van der Waals surface area contributed by atoms with Crippen LogP contribution in [0.15, 0.2) is 30.0 Å². The summed E-state index contributed by atoms with van der Waals surface area (Å²) in [4.78, 5) is 40.8. The molecule has 3 atom stereocenters. The Bertz CT molecular complexity index is 730. The van der Waals surface area contributed by atoms with Crippen LogP contribution in [0.4, 0.5) is 0 Å². The standard InChI is InChI=1S/C17H18N2O5/c1-10(20)24-9-17(2)8-13-12(7-11-5-3-4-6-18-11)15(21)19(13)14(17)16(22)23/h3-7,13-14H,8-9H2,1-2H3,(H,22,23)/b12-7+/t13?,14-,17-/m0/s1. The lowest BCUT2D eigenvalue weighted by atomic mass is 9.81. The molecule has 2 aliphatic heterocycles. The lowest BCUT2D eigenvalue weighted by molar-refractivity contribution is -0.158. The van der Waals surface area contributed by atoms with Gasteiger partial charge in [0, 0.05) is 24.1 Å². The van der Waals surface area contributed by atoms with E-state index in [1.54, 1.807) is 31.3 Å². The Morgan fingerprint density at radius 3 is 2.83 bits per heavy atom. The fourth-order valence-corrected chi connectivity index (χ4v) is 3.51. The third kappa shape index (κ3) is 2.55. The molecule has 1 amide bonds. The highest BCUT2D eigenvalue weighted by molar-refractivity contribution is 6.08. The largest absolute Gasteiger partial charge is 0.480 e. The van der Waals surface area contributed by atoms with E-state index in [1.165, 1.54) is 11.8 Å². The molecule has 2 fully saturated rings. The highest BCUT2D eigenvalue weighted by Crippen LogP contribution is 2.49. The maximum absolute atomic E-state index is 12.4. The molecule has 0 radical (unpaired) electrons. The van der Waals surface area contributed by atoms with Gasteiger partial charge in [0.25, 0.3) is 5.91 Å². The van der Waals surface area contributed by atoms with Crippen LogP contribution in [0.3, 0.4) is 0 Å². The van der Waals surface area contributed by atoms with Gasteiger partial charge in [0.1, 0.15) is 6.04 Å². The number of hydrogen-bond acceptors (Lipinski definition) is 5. The molecule has 2 saturated heterocycles. The van der Waals surface area contributed by atoms with Gasteiger partial charge >= 0.3 is 11.9 Å². The summed E-state index contributed by atoms with van der Waals surface area (Å²) in [6.45, 7) is 2.98. The average Bonchev–Trinajstić information content (AvgIpc) is 2.82. The number of esters is 1. The molecule has 3 rings (SSSR count). The number of fused-ring (bicyclic) bond motifs is 1. The van der Waals surface area contributed by atoms with Crippen molar-refractivity contribution in [3.05, 3.63) is 35.7 Å². The maximum atomic E-state index is 12.4. The normalized spacial score (nSPS) is 30.0. The molecule has 0 spiro atoms. The highest BCUT2D eigenvalue weighted by Gasteiger charge is 2.62. The van der Waals surface area contributed by atoms with E-state index >= 15 is 0 Å². The van der Waals surface area contributed by atoms with Crippen molar-refractivity contribution in [1.82, 2.24) is 9.88 Å². The number of carboxylic acids is 1. The molecule has 0 aromatic carbocycles. The van der Waals surface area contributed by atoms with Crippen LogP contribution in [0.1, 0.15) is 26.0 Å². The molecule has 2 aliphatic rings. The molecule has 7 heteroatoms. The average molecular weight is 330 g/mol. The Hall–Kier alpha value is -2.70. The third-order valence-electron chi connectivity index (χ3n) is 4.60. The van der Waals surface area contributed by atoms with Crippen LogP contribution in [-0.2, 0) is 19.1 Å². The first-order valence-electron chi connectivity index (χ1n) is 7.65. The number of rotatable bonds is 4. The zero-order valence-electron chi connectivity index (χ0n) is 13.4. The minimum atomic E-state index is -1.09. The number of nitrogens with zero attached hydrogens (tertiary/aromatic N) is 2. The van der Waals surface area contributed by atoms with Gasteiger partial charge in [-0.1, -0.05) is 13.0 Å². The summed E-state index contributed by atoms with van der Waals surface area (Å²) in [6.07, 6.45) is 3.76. The summed E-state index contributed by atoms with van der Waals surface area (Å²) in [7, 11) is 0. The number of amides is 1. The first-order chi connectivity index (χ1) is 11.3. The molecule has 1 N–H and O–H groups in total. The molecule has 3 heterocycles. The second-order valence-electron chi connectivity index (χ2n) is 6.46. The van der Waals surface area contributed by atoms with Crippen molar-refractivity contribution in [1.29, 1.82) is 0 Å². The molecule has 1 aromatic rings. The quantitative estimate of drug-likeness (QED) is 0.504. The fourth-order valence-electron chi connectivity index (χ4n) is 3.51. The van der Waals surface area contributed by atoms with E-state index in [0.29, 0.717) is 17.7 Å². The number of aliphatic carboxylic acids is 1. The first-order valence-corrected chi connectivity index (χ1v) is 7.65. The van der Waals surface area contributed by atoms with Gasteiger partial charge in [-0.25, -0.2) is 4.79 Å². The summed E-state index contributed by atoms with van der Waals surface area (Å²) < 4.78 is 5.05. The highest BCUT2D eigenvalue weighted by atomic mass is 16.5. The van der Waals surface area contributed by atoms with Gasteiger partial charge in [-0.2, -0.15) is 0 Å². The number of ether oxygens (including phenoxy) is 1. The first kappa shape index (κ1) is 16.2. The minimum absolute atomic E-state index is 0.0313. The lowest BCUT2D eigenvalue weighted by Gasteiger charge is -2.40. The molecular weight excluding hydrogens is 312 g/mol. The Morgan fingerprint density at radius 2 is 2.25 bits per heavy atom. The van der Waals surface area contributed by atoms with E-state index < -0.39 is 23.4 Å². The van der Waals surface area contributed by atoms with Gasteiger partial charge in [-0.3, -0.25) is 14.6 Å². The van der Waals surface area contributed by atoms with Crippen molar-refractivity contribution in [2.45, 2.75) is 32.4 Å². The molecule has 0 saturated carbocycles. The zero-order chi connectivity index (χ0) is 17.5. The number of hydrogen-bond donors (Lipinski definition) is 1. The van der Waals surface area contributed by atoms with Crippen molar-refractivity contribution < 1.29 is 24.2 Å². The van der Waals surface area contributed by atoms with Crippen LogP contribution in [0, 0.1) is 5.41 Å². The van der Waals surface area contributed by atoms with E-state index in [1.807, 2.05) is 6.07 Å². The number of carbonyl (C=O) groups is 3. The van der Waals surface area contributed by atoms with Gasteiger partial charge in [0.05, 0.1) is 18.3 Å². The summed E-state index contributed by atoms with van der Waals surface area (Å²) in [6, 6.07) is 4.09. The molecule has 7 nitrogen and oxygen atoms in total. The van der Waals surface area contributed by atoms with E-state index in [-0.39, 0.29) is 18.6 Å².